The molecular formula is C15H16ClNO2S. The first-order valence-corrected chi connectivity index (χ1v) is 7.39. The summed E-state index contributed by atoms with van der Waals surface area (Å²) in [5.74, 6) is 2.23. The third-order valence-corrected chi connectivity index (χ3v) is 4.20. The van der Waals surface area contributed by atoms with E-state index in [9.17, 15) is 0 Å². The van der Waals surface area contributed by atoms with Crippen LogP contribution in [0.4, 0.5) is 5.69 Å². The molecule has 0 saturated heterocycles. The standard InChI is InChI=1S/C15H16ClNO2S/c1-18-13-6-3-10(7-14(13)19-2)9-20-15-8-11(16)4-5-12(15)17/h3-8H,9,17H2,1-2H3. The van der Waals surface area contributed by atoms with Gasteiger partial charge in [0.25, 0.3) is 0 Å². The summed E-state index contributed by atoms with van der Waals surface area (Å²) in [5, 5.41) is 0.689. The first-order valence-electron chi connectivity index (χ1n) is 6.02. The van der Waals surface area contributed by atoms with Crippen LogP contribution >= 0.6 is 23.4 Å². The first-order chi connectivity index (χ1) is 9.63. The van der Waals surface area contributed by atoms with Gasteiger partial charge in [-0.15, -0.1) is 11.8 Å². The minimum atomic E-state index is 0.689. The van der Waals surface area contributed by atoms with Crippen LogP contribution in [0.25, 0.3) is 0 Å². The van der Waals surface area contributed by atoms with E-state index in [1.807, 2.05) is 30.3 Å². The average molecular weight is 310 g/mol. The molecular weight excluding hydrogens is 294 g/mol. The summed E-state index contributed by atoms with van der Waals surface area (Å²) in [6.07, 6.45) is 0. The van der Waals surface area contributed by atoms with Crippen LogP contribution in [0.2, 0.25) is 5.02 Å². The Kier molecular flexibility index (Phi) is 5.04. The highest BCUT2D eigenvalue weighted by Crippen LogP contribution is 2.33. The molecule has 0 aliphatic carbocycles. The topological polar surface area (TPSA) is 44.5 Å². The molecule has 2 rings (SSSR count). The molecule has 0 bridgehead atoms. The Morgan fingerprint density at radius 3 is 2.50 bits per heavy atom. The number of hydrogen-bond acceptors (Lipinski definition) is 4. The zero-order chi connectivity index (χ0) is 14.5. The van der Waals surface area contributed by atoms with Gasteiger partial charge in [-0.05, 0) is 35.9 Å². The van der Waals surface area contributed by atoms with Gasteiger partial charge in [0.15, 0.2) is 11.5 Å². The Hall–Kier alpha value is -1.52. The highest BCUT2D eigenvalue weighted by Gasteiger charge is 2.06. The number of methoxy groups -OCH3 is 2. The molecule has 0 fully saturated rings. The van der Waals surface area contributed by atoms with Crippen LogP contribution in [-0.2, 0) is 5.75 Å². The molecule has 0 heterocycles. The normalized spacial score (nSPS) is 10.3. The van der Waals surface area contributed by atoms with Crippen molar-refractivity contribution >= 4 is 29.1 Å². The number of halogens is 1. The number of thioether (sulfide) groups is 1. The lowest BCUT2D eigenvalue weighted by Gasteiger charge is -2.10. The van der Waals surface area contributed by atoms with Crippen molar-refractivity contribution in [3.8, 4) is 11.5 Å². The van der Waals surface area contributed by atoms with Crippen LogP contribution in [0.5, 0.6) is 11.5 Å². The molecule has 0 amide bonds. The highest BCUT2D eigenvalue weighted by molar-refractivity contribution is 7.98. The van der Waals surface area contributed by atoms with Gasteiger partial charge in [0.05, 0.1) is 14.2 Å². The summed E-state index contributed by atoms with van der Waals surface area (Å²) in [4.78, 5) is 0.979. The SMILES string of the molecule is COc1ccc(CSc2cc(Cl)ccc2N)cc1OC. The number of hydrogen-bond donors (Lipinski definition) is 1. The van der Waals surface area contributed by atoms with Crippen molar-refractivity contribution in [1.82, 2.24) is 0 Å². The number of ether oxygens (including phenoxy) is 2. The van der Waals surface area contributed by atoms with Crippen molar-refractivity contribution in [2.75, 3.05) is 20.0 Å². The summed E-state index contributed by atoms with van der Waals surface area (Å²) < 4.78 is 10.5. The first kappa shape index (κ1) is 14.9. The van der Waals surface area contributed by atoms with Gasteiger partial charge in [0, 0.05) is 21.4 Å². The Balaban J connectivity index is 2.12. The molecule has 5 heteroatoms. The fourth-order valence-corrected chi connectivity index (χ4v) is 2.95. The van der Waals surface area contributed by atoms with Gasteiger partial charge in [-0.2, -0.15) is 0 Å². The molecule has 2 N–H and O–H groups in total. The number of anilines is 1. The summed E-state index contributed by atoms with van der Waals surface area (Å²) in [7, 11) is 3.25. The number of benzene rings is 2. The monoisotopic (exact) mass is 309 g/mol. The molecule has 0 aliphatic rings. The van der Waals surface area contributed by atoms with Crippen molar-refractivity contribution in [2.24, 2.45) is 0 Å². The van der Waals surface area contributed by atoms with Gasteiger partial charge < -0.3 is 15.2 Å². The summed E-state index contributed by atoms with van der Waals surface area (Å²) in [6.45, 7) is 0. The van der Waals surface area contributed by atoms with E-state index in [1.165, 1.54) is 0 Å². The van der Waals surface area contributed by atoms with E-state index in [1.54, 1.807) is 32.0 Å². The van der Waals surface area contributed by atoms with Gasteiger partial charge in [-0.25, -0.2) is 0 Å². The maximum atomic E-state index is 5.98. The van der Waals surface area contributed by atoms with Crippen LogP contribution in [0, 0.1) is 0 Å². The predicted molar refractivity (Wildman–Crippen MR) is 85.0 cm³/mol. The van der Waals surface area contributed by atoms with E-state index in [-0.39, 0.29) is 0 Å². The lowest BCUT2D eigenvalue weighted by atomic mass is 10.2. The van der Waals surface area contributed by atoms with Crippen molar-refractivity contribution in [1.29, 1.82) is 0 Å². The molecule has 20 heavy (non-hydrogen) atoms. The molecule has 0 spiro atoms. The van der Waals surface area contributed by atoms with Gasteiger partial charge in [0.1, 0.15) is 0 Å². The highest BCUT2D eigenvalue weighted by atomic mass is 35.5. The number of nitrogen functional groups attached to an aromatic ring is 1. The van der Waals surface area contributed by atoms with Crippen LogP contribution < -0.4 is 15.2 Å². The molecule has 0 atom stereocenters. The molecule has 3 nitrogen and oxygen atoms in total. The van der Waals surface area contributed by atoms with E-state index in [4.69, 9.17) is 26.8 Å². The Labute approximate surface area is 128 Å². The molecule has 0 aliphatic heterocycles. The van der Waals surface area contributed by atoms with Crippen molar-refractivity contribution in [3.05, 3.63) is 47.0 Å². The van der Waals surface area contributed by atoms with Gasteiger partial charge in [0.2, 0.25) is 0 Å². The van der Waals surface area contributed by atoms with E-state index in [0.717, 1.165) is 33.4 Å². The Bertz CT molecular complexity index is 604. The third-order valence-electron chi connectivity index (χ3n) is 2.82. The Morgan fingerprint density at radius 1 is 1.05 bits per heavy atom. The molecule has 2 aromatic carbocycles. The molecule has 0 unspecified atom stereocenters. The lowest BCUT2D eigenvalue weighted by Crippen LogP contribution is -1.92. The maximum absolute atomic E-state index is 5.98. The summed E-state index contributed by atoms with van der Waals surface area (Å²) in [5.41, 5.74) is 7.80. The van der Waals surface area contributed by atoms with Crippen LogP contribution in [0.1, 0.15) is 5.56 Å². The van der Waals surface area contributed by atoms with Gasteiger partial charge in [-0.1, -0.05) is 17.7 Å². The minimum absolute atomic E-state index is 0.689. The summed E-state index contributed by atoms with van der Waals surface area (Å²) in [6, 6.07) is 11.4. The average Bonchev–Trinajstić information content (AvgIpc) is 2.47. The van der Waals surface area contributed by atoms with E-state index >= 15 is 0 Å². The van der Waals surface area contributed by atoms with Crippen LogP contribution in [0.15, 0.2) is 41.3 Å². The van der Waals surface area contributed by atoms with Crippen molar-refractivity contribution in [2.45, 2.75) is 10.6 Å². The zero-order valence-electron chi connectivity index (χ0n) is 11.4. The number of rotatable bonds is 5. The van der Waals surface area contributed by atoms with E-state index in [0.29, 0.717) is 5.02 Å². The second-order valence-electron chi connectivity index (χ2n) is 4.16. The van der Waals surface area contributed by atoms with E-state index < -0.39 is 0 Å². The second-order valence-corrected chi connectivity index (χ2v) is 5.61. The minimum Gasteiger partial charge on any atom is -0.493 e. The third kappa shape index (κ3) is 3.52. The van der Waals surface area contributed by atoms with Crippen LogP contribution in [-0.4, -0.2) is 14.2 Å². The fourth-order valence-electron chi connectivity index (χ4n) is 1.76. The zero-order valence-corrected chi connectivity index (χ0v) is 12.9. The Morgan fingerprint density at radius 2 is 1.80 bits per heavy atom. The molecule has 0 saturated carbocycles. The molecule has 0 radical (unpaired) electrons. The number of nitrogens with two attached hydrogens (primary N) is 1. The fraction of sp³-hybridized carbons (Fsp3) is 0.200. The quantitative estimate of drug-likeness (QED) is 0.663. The second kappa shape index (κ2) is 6.77. The van der Waals surface area contributed by atoms with Crippen molar-refractivity contribution in [3.63, 3.8) is 0 Å². The van der Waals surface area contributed by atoms with Crippen molar-refractivity contribution < 1.29 is 9.47 Å². The van der Waals surface area contributed by atoms with Crippen LogP contribution in [0.3, 0.4) is 0 Å². The molecule has 2 aromatic rings. The van der Waals surface area contributed by atoms with Gasteiger partial charge >= 0.3 is 0 Å². The molecule has 0 aromatic heterocycles. The van der Waals surface area contributed by atoms with Gasteiger partial charge in [-0.3, -0.25) is 0 Å². The van der Waals surface area contributed by atoms with E-state index in [2.05, 4.69) is 0 Å². The maximum Gasteiger partial charge on any atom is 0.161 e. The largest absolute Gasteiger partial charge is 0.493 e. The summed E-state index contributed by atoms with van der Waals surface area (Å²) >= 11 is 7.62. The predicted octanol–water partition coefficient (Wildman–Crippen LogP) is 4.23. The lowest BCUT2D eigenvalue weighted by molar-refractivity contribution is 0.354. The smallest absolute Gasteiger partial charge is 0.161 e. The molecule has 106 valence electrons.